The van der Waals surface area contributed by atoms with Crippen molar-refractivity contribution >= 4 is 5.97 Å². The van der Waals surface area contributed by atoms with E-state index >= 15 is 0 Å². The van der Waals surface area contributed by atoms with E-state index in [0.29, 0.717) is 0 Å². The molecule has 1 saturated heterocycles. The molecule has 0 bridgehead atoms. The minimum Gasteiger partial charge on any atom is -0.465 e. The van der Waals surface area contributed by atoms with E-state index in [1.807, 2.05) is 0 Å². The zero-order valence-corrected chi connectivity index (χ0v) is 10.5. The summed E-state index contributed by atoms with van der Waals surface area (Å²) in [6.07, 6.45) is -4.47. The maximum atomic E-state index is 11.5. The van der Waals surface area contributed by atoms with Crippen molar-refractivity contribution in [3.8, 4) is 0 Å². The highest BCUT2D eigenvalue weighted by Gasteiger charge is 2.61. The van der Waals surface area contributed by atoms with E-state index in [2.05, 4.69) is 4.74 Å². The highest BCUT2D eigenvalue weighted by atomic mass is 16.8. The van der Waals surface area contributed by atoms with Gasteiger partial charge in [-0.3, -0.25) is 0 Å². The molecule has 5 N–H and O–H groups in total. The summed E-state index contributed by atoms with van der Waals surface area (Å²) in [6, 6.07) is 0. The molecule has 8 nitrogen and oxygen atoms in total. The van der Waals surface area contributed by atoms with Crippen LogP contribution in [0.25, 0.3) is 0 Å². The Kier molecular flexibility index (Phi) is 4.31. The fourth-order valence-corrected chi connectivity index (χ4v) is 1.79. The Bertz CT molecular complexity index is 321. The summed E-state index contributed by atoms with van der Waals surface area (Å²) in [4.78, 5) is 11.5. The monoisotopic (exact) mass is 265 g/mol. The van der Waals surface area contributed by atoms with Crippen molar-refractivity contribution in [3.05, 3.63) is 0 Å². The van der Waals surface area contributed by atoms with Gasteiger partial charge in [-0.1, -0.05) is 0 Å². The van der Waals surface area contributed by atoms with Crippen LogP contribution in [-0.2, 0) is 19.0 Å². The number of aliphatic hydroxyl groups excluding tert-OH is 2. The second kappa shape index (κ2) is 5.08. The first-order chi connectivity index (χ1) is 8.18. The van der Waals surface area contributed by atoms with Gasteiger partial charge < -0.3 is 35.3 Å². The standard InChI is InChI=1S/C10H19NO7/c1-9(2)17-7(6(13)5(12)4-11)10(15,18-9)8(14)16-3/h5-7,12-13,15H,4,11H2,1-3H3/t5-,6+,7-,10-/m0/s1. The molecule has 8 heteroatoms. The summed E-state index contributed by atoms with van der Waals surface area (Å²) in [5.74, 6) is -4.93. The van der Waals surface area contributed by atoms with Crippen molar-refractivity contribution in [2.45, 2.75) is 43.7 Å². The Morgan fingerprint density at radius 2 is 2.06 bits per heavy atom. The highest BCUT2D eigenvalue weighted by molar-refractivity contribution is 5.78. The zero-order chi connectivity index (χ0) is 14.1. The number of aliphatic hydroxyl groups is 3. The van der Waals surface area contributed by atoms with E-state index in [1.165, 1.54) is 13.8 Å². The minimum absolute atomic E-state index is 0.265. The highest BCUT2D eigenvalue weighted by Crippen LogP contribution is 2.37. The van der Waals surface area contributed by atoms with Gasteiger partial charge in [-0.15, -0.1) is 0 Å². The van der Waals surface area contributed by atoms with Crippen LogP contribution in [0.5, 0.6) is 0 Å². The molecular weight excluding hydrogens is 246 g/mol. The number of rotatable bonds is 4. The number of esters is 1. The third kappa shape index (κ3) is 2.63. The minimum atomic E-state index is -2.49. The molecule has 1 rings (SSSR count). The Morgan fingerprint density at radius 3 is 2.50 bits per heavy atom. The van der Waals surface area contributed by atoms with Crippen molar-refractivity contribution < 1.29 is 34.3 Å². The van der Waals surface area contributed by atoms with Crippen LogP contribution in [0.1, 0.15) is 13.8 Å². The molecule has 1 heterocycles. The van der Waals surface area contributed by atoms with Crippen LogP contribution in [0, 0.1) is 0 Å². The van der Waals surface area contributed by atoms with Crippen LogP contribution in [-0.4, -0.2) is 64.8 Å². The van der Waals surface area contributed by atoms with Crippen molar-refractivity contribution in [1.82, 2.24) is 0 Å². The molecule has 106 valence electrons. The summed E-state index contributed by atoms with van der Waals surface area (Å²) in [5, 5.41) is 29.4. The van der Waals surface area contributed by atoms with E-state index in [0.717, 1.165) is 7.11 Å². The van der Waals surface area contributed by atoms with Crippen molar-refractivity contribution in [3.63, 3.8) is 0 Å². The van der Waals surface area contributed by atoms with Gasteiger partial charge in [-0.05, 0) is 13.8 Å². The third-order valence-electron chi connectivity index (χ3n) is 2.62. The maximum Gasteiger partial charge on any atom is 0.369 e. The molecule has 1 aliphatic rings. The van der Waals surface area contributed by atoms with E-state index in [4.69, 9.17) is 15.2 Å². The van der Waals surface area contributed by atoms with Crippen LogP contribution in [0.2, 0.25) is 0 Å². The number of ether oxygens (including phenoxy) is 3. The average Bonchev–Trinajstić information content (AvgIpc) is 2.57. The van der Waals surface area contributed by atoms with Gasteiger partial charge in [0.15, 0.2) is 11.9 Å². The molecule has 1 fully saturated rings. The molecule has 1 aliphatic heterocycles. The van der Waals surface area contributed by atoms with E-state index in [-0.39, 0.29) is 6.54 Å². The van der Waals surface area contributed by atoms with Crippen molar-refractivity contribution in [1.29, 1.82) is 0 Å². The molecule has 4 atom stereocenters. The first-order valence-electron chi connectivity index (χ1n) is 5.43. The SMILES string of the molecule is COC(=O)[C@@]1(O)OC(C)(C)O[C@H]1[C@H](O)[C@@H](O)CN. The Balaban J connectivity index is 3.03. The lowest BCUT2D eigenvalue weighted by atomic mass is 10.0. The topological polar surface area (TPSA) is 131 Å². The molecule has 0 radical (unpaired) electrons. The molecule has 0 amide bonds. The fraction of sp³-hybridized carbons (Fsp3) is 0.900. The van der Waals surface area contributed by atoms with Crippen LogP contribution >= 0.6 is 0 Å². The Hall–Kier alpha value is -0.770. The summed E-state index contributed by atoms with van der Waals surface area (Å²) in [5.41, 5.74) is 5.20. The Morgan fingerprint density at radius 1 is 1.50 bits per heavy atom. The fourth-order valence-electron chi connectivity index (χ4n) is 1.79. The predicted octanol–water partition coefficient (Wildman–Crippen LogP) is -2.32. The first kappa shape index (κ1) is 15.3. The molecule has 0 spiro atoms. The quantitative estimate of drug-likeness (QED) is 0.417. The Labute approximate surface area is 104 Å². The summed E-state index contributed by atoms with van der Waals surface area (Å²) in [7, 11) is 1.05. The third-order valence-corrected chi connectivity index (χ3v) is 2.62. The predicted molar refractivity (Wildman–Crippen MR) is 58.1 cm³/mol. The number of carbonyl (C=O) groups excluding carboxylic acids is 1. The van der Waals surface area contributed by atoms with E-state index in [9.17, 15) is 20.1 Å². The largest absolute Gasteiger partial charge is 0.465 e. The lowest BCUT2D eigenvalue weighted by Crippen LogP contribution is -2.57. The van der Waals surface area contributed by atoms with Gasteiger partial charge in [0, 0.05) is 6.54 Å². The number of methoxy groups -OCH3 is 1. The number of nitrogens with two attached hydrogens (primary N) is 1. The molecule has 18 heavy (non-hydrogen) atoms. The van der Waals surface area contributed by atoms with Crippen molar-refractivity contribution in [2.75, 3.05) is 13.7 Å². The first-order valence-corrected chi connectivity index (χ1v) is 5.43. The molecule has 0 aliphatic carbocycles. The molecule has 0 unspecified atom stereocenters. The number of hydrogen-bond donors (Lipinski definition) is 4. The number of carbonyl (C=O) groups is 1. The van der Waals surface area contributed by atoms with E-state index < -0.39 is 35.9 Å². The molecule has 0 saturated carbocycles. The van der Waals surface area contributed by atoms with Gasteiger partial charge in [0.2, 0.25) is 0 Å². The van der Waals surface area contributed by atoms with Crippen LogP contribution in [0.3, 0.4) is 0 Å². The van der Waals surface area contributed by atoms with Gasteiger partial charge in [0.05, 0.1) is 13.2 Å². The van der Waals surface area contributed by atoms with Gasteiger partial charge in [0.25, 0.3) is 5.79 Å². The van der Waals surface area contributed by atoms with Gasteiger partial charge in [-0.25, -0.2) is 4.79 Å². The second-order valence-corrected chi connectivity index (χ2v) is 4.52. The normalized spacial score (nSPS) is 34.1. The average molecular weight is 265 g/mol. The van der Waals surface area contributed by atoms with Gasteiger partial charge in [0.1, 0.15) is 6.10 Å². The van der Waals surface area contributed by atoms with Crippen molar-refractivity contribution in [2.24, 2.45) is 5.73 Å². The lowest BCUT2D eigenvalue weighted by molar-refractivity contribution is -0.244. The molecule has 0 aromatic carbocycles. The molecule has 0 aromatic rings. The van der Waals surface area contributed by atoms with Crippen LogP contribution < -0.4 is 5.73 Å². The zero-order valence-electron chi connectivity index (χ0n) is 10.5. The summed E-state index contributed by atoms with van der Waals surface area (Å²) in [6.45, 7) is 2.63. The summed E-state index contributed by atoms with van der Waals surface area (Å²) >= 11 is 0. The number of hydrogen-bond acceptors (Lipinski definition) is 8. The summed E-state index contributed by atoms with van der Waals surface area (Å²) < 4.78 is 14.7. The molecular formula is C10H19NO7. The van der Waals surface area contributed by atoms with Crippen LogP contribution in [0.4, 0.5) is 0 Å². The maximum absolute atomic E-state index is 11.5. The smallest absolute Gasteiger partial charge is 0.369 e. The van der Waals surface area contributed by atoms with Crippen LogP contribution in [0.15, 0.2) is 0 Å². The lowest BCUT2D eigenvalue weighted by Gasteiger charge is -2.29. The van der Waals surface area contributed by atoms with Gasteiger partial charge in [-0.2, -0.15) is 0 Å². The van der Waals surface area contributed by atoms with Gasteiger partial charge >= 0.3 is 5.97 Å². The molecule has 0 aromatic heterocycles. The second-order valence-electron chi connectivity index (χ2n) is 4.52. The van der Waals surface area contributed by atoms with E-state index in [1.54, 1.807) is 0 Å².